The van der Waals surface area contributed by atoms with Gasteiger partial charge in [-0.2, -0.15) is 0 Å². The van der Waals surface area contributed by atoms with Gasteiger partial charge in [-0.1, -0.05) is 44.2 Å². The molecule has 0 saturated heterocycles. The van der Waals surface area contributed by atoms with E-state index in [9.17, 15) is 9.90 Å². The molecule has 1 aromatic carbocycles. The molecular formula is C13H20N2O2. The SMILES string of the molecule is CC(C)C(N)(N)C(O)C(=O)Cc1ccccc1. The Morgan fingerprint density at radius 2 is 1.82 bits per heavy atom. The van der Waals surface area contributed by atoms with Crippen molar-refractivity contribution in [3.63, 3.8) is 0 Å². The largest absolute Gasteiger partial charge is 0.382 e. The van der Waals surface area contributed by atoms with Crippen LogP contribution in [0.5, 0.6) is 0 Å². The van der Waals surface area contributed by atoms with E-state index in [1.54, 1.807) is 13.8 Å². The molecule has 0 amide bonds. The Hall–Kier alpha value is -1.23. The van der Waals surface area contributed by atoms with E-state index in [0.29, 0.717) is 0 Å². The van der Waals surface area contributed by atoms with Gasteiger partial charge in [0, 0.05) is 6.42 Å². The minimum atomic E-state index is -1.38. The number of carbonyl (C=O) groups is 1. The van der Waals surface area contributed by atoms with E-state index in [4.69, 9.17) is 11.5 Å². The number of hydrogen-bond donors (Lipinski definition) is 3. The van der Waals surface area contributed by atoms with Crippen LogP contribution in [-0.2, 0) is 11.2 Å². The van der Waals surface area contributed by atoms with Gasteiger partial charge in [-0.3, -0.25) is 4.79 Å². The van der Waals surface area contributed by atoms with Gasteiger partial charge in [-0.15, -0.1) is 0 Å². The Labute approximate surface area is 102 Å². The zero-order chi connectivity index (χ0) is 13.1. The van der Waals surface area contributed by atoms with Gasteiger partial charge < -0.3 is 16.6 Å². The van der Waals surface area contributed by atoms with E-state index >= 15 is 0 Å². The second-order valence-electron chi connectivity index (χ2n) is 4.69. The van der Waals surface area contributed by atoms with Crippen molar-refractivity contribution >= 4 is 5.78 Å². The standard InChI is InChI=1S/C13H20N2O2/c1-9(2)13(14,15)12(17)11(16)8-10-6-4-3-5-7-10/h3-7,9,12,17H,8,14-15H2,1-2H3. The van der Waals surface area contributed by atoms with Crippen molar-refractivity contribution in [3.05, 3.63) is 35.9 Å². The topological polar surface area (TPSA) is 89.3 Å². The minimum Gasteiger partial charge on any atom is -0.382 e. The van der Waals surface area contributed by atoms with Gasteiger partial charge in [0.05, 0.1) is 5.66 Å². The van der Waals surface area contributed by atoms with Gasteiger partial charge in [0.15, 0.2) is 5.78 Å². The van der Waals surface area contributed by atoms with Gasteiger partial charge >= 0.3 is 0 Å². The molecular weight excluding hydrogens is 216 g/mol. The molecule has 0 aromatic heterocycles. The van der Waals surface area contributed by atoms with Crippen LogP contribution in [0.15, 0.2) is 30.3 Å². The summed E-state index contributed by atoms with van der Waals surface area (Å²) in [5, 5.41) is 9.88. The highest BCUT2D eigenvalue weighted by Crippen LogP contribution is 2.14. The van der Waals surface area contributed by atoms with Gasteiger partial charge in [0.1, 0.15) is 6.10 Å². The average Bonchev–Trinajstić information content (AvgIpc) is 2.29. The zero-order valence-electron chi connectivity index (χ0n) is 10.3. The number of aliphatic hydroxyl groups is 1. The zero-order valence-corrected chi connectivity index (χ0v) is 10.3. The average molecular weight is 236 g/mol. The van der Waals surface area contributed by atoms with Crippen LogP contribution < -0.4 is 11.5 Å². The molecule has 0 aliphatic carbocycles. The van der Waals surface area contributed by atoms with Crippen LogP contribution in [0.4, 0.5) is 0 Å². The number of Topliss-reactive ketones (excluding diaryl/α,β-unsaturated/α-hetero) is 1. The molecule has 4 nitrogen and oxygen atoms in total. The molecule has 1 atom stereocenters. The Balaban J connectivity index is 2.72. The van der Waals surface area contributed by atoms with E-state index in [1.165, 1.54) is 0 Å². The molecule has 94 valence electrons. The van der Waals surface area contributed by atoms with Crippen LogP contribution >= 0.6 is 0 Å². The number of benzene rings is 1. The summed E-state index contributed by atoms with van der Waals surface area (Å²) in [7, 11) is 0. The smallest absolute Gasteiger partial charge is 0.168 e. The fraction of sp³-hybridized carbons (Fsp3) is 0.462. The Morgan fingerprint density at radius 3 is 2.29 bits per heavy atom. The summed E-state index contributed by atoms with van der Waals surface area (Å²) in [6.45, 7) is 3.55. The first-order valence-corrected chi connectivity index (χ1v) is 5.68. The summed E-state index contributed by atoms with van der Waals surface area (Å²) in [5.74, 6) is -0.535. The molecule has 0 bridgehead atoms. The molecule has 5 N–H and O–H groups in total. The van der Waals surface area contributed by atoms with Gasteiger partial charge in [-0.25, -0.2) is 0 Å². The van der Waals surface area contributed by atoms with Gasteiger partial charge in [0.25, 0.3) is 0 Å². The molecule has 0 fully saturated rings. The van der Waals surface area contributed by atoms with Crippen LogP contribution in [0.1, 0.15) is 19.4 Å². The maximum Gasteiger partial charge on any atom is 0.168 e. The molecule has 1 aromatic rings. The number of ketones is 1. The number of nitrogens with two attached hydrogens (primary N) is 2. The lowest BCUT2D eigenvalue weighted by atomic mass is 9.88. The lowest BCUT2D eigenvalue weighted by Gasteiger charge is -2.33. The second kappa shape index (κ2) is 5.40. The monoisotopic (exact) mass is 236 g/mol. The molecule has 0 aliphatic rings. The third-order valence-electron chi connectivity index (χ3n) is 3.00. The fourth-order valence-corrected chi connectivity index (χ4v) is 1.49. The van der Waals surface area contributed by atoms with Crippen LogP contribution in [-0.4, -0.2) is 22.7 Å². The summed E-state index contributed by atoms with van der Waals surface area (Å²) in [6.07, 6.45) is -1.20. The van der Waals surface area contributed by atoms with Crippen molar-refractivity contribution in [2.24, 2.45) is 17.4 Å². The van der Waals surface area contributed by atoms with E-state index in [2.05, 4.69) is 0 Å². The summed E-state index contributed by atoms with van der Waals surface area (Å²) >= 11 is 0. The molecule has 4 heteroatoms. The van der Waals surface area contributed by atoms with Crippen molar-refractivity contribution < 1.29 is 9.90 Å². The van der Waals surface area contributed by atoms with Crippen LogP contribution in [0.2, 0.25) is 0 Å². The van der Waals surface area contributed by atoms with E-state index in [-0.39, 0.29) is 18.1 Å². The highest BCUT2D eigenvalue weighted by Gasteiger charge is 2.37. The second-order valence-corrected chi connectivity index (χ2v) is 4.69. The van der Waals surface area contributed by atoms with Crippen molar-refractivity contribution in [1.29, 1.82) is 0 Å². The summed E-state index contributed by atoms with van der Waals surface area (Å²) < 4.78 is 0. The Morgan fingerprint density at radius 1 is 1.29 bits per heavy atom. The fourth-order valence-electron chi connectivity index (χ4n) is 1.49. The van der Waals surface area contributed by atoms with Gasteiger partial charge in [-0.05, 0) is 11.5 Å². The summed E-state index contributed by atoms with van der Waals surface area (Å²) in [5.41, 5.74) is 11.0. The predicted molar refractivity (Wildman–Crippen MR) is 67.1 cm³/mol. The molecule has 0 heterocycles. The normalized spacial score (nSPS) is 13.8. The number of hydrogen-bond acceptors (Lipinski definition) is 4. The lowest BCUT2D eigenvalue weighted by Crippen LogP contribution is -2.65. The molecule has 0 saturated carbocycles. The molecule has 1 rings (SSSR count). The van der Waals surface area contributed by atoms with Crippen LogP contribution in [0, 0.1) is 5.92 Å². The van der Waals surface area contributed by atoms with Crippen molar-refractivity contribution in [2.75, 3.05) is 0 Å². The highest BCUT2D eigenvalue weighted by atomic mass is 16.3. The highest BCUT2D eigenvalue weighted by molar-refractivity contribution is 5.86. The minimum absolute atomic E-state index is 0.144. The van der Waals surface area contributed by atoms with Crippen LogP contribution in [0.3, 0.4) is 0 Å². The number of aliphatic hydroxyl groups excluding tert-OH is 1. The first-order chi connectivity index (χ1) is 7.85. The van der Waals surface area contributed by atoms with E-state index in [0.717, 1.165) is 5.56 Å². The third kappa shape index (κ3) is 3.36. The Kier molecular flexibility index (Phi) is 4.40. The third-order valence-corrected chi connectivity index (χ3v) is 3.00. The molecule has 0 radical (unpaired) electrons. The maximum absolute atomic E-state index is 11.9. The molecule has 1 unspecified atom stereocenters. The van der Waals surface area contributed by atoms with Crippen molar-refractivity contribution in [3.8, 4) is 0 Å². The van der Waals surface area contributed by atoms with Gasteiger partial charge in [0.2, 0.25) is 0 Å². The summed E-state index contributed by atoms with van der Waals surface area (Å²) in [4.78, 5) is 11.9. The number of carbonyl (C=O) groups excluding carboxylic acids is 1. The lowest BCUT2D eigenvalue weighted by molar-refractivity contribution is -0.131. The predicted octanol–water partition coefficient (Wildman–Crippen LogP) is 0.429. The van der Waals surface area contributed by atoms with Crippen molar-refractivity contribution in [1.82, 2.24) is 0 Å². The number of rotatable bonds is 5. The molecule has 17 heavy (non-hydrogen) atoms. The maximum atomic E-state index is 11.9. The van der Waals surface area contributed by atoms with E-state index in [1.807, 2.05) is 30.3 Å². The van der Waals surface area contributed by atoms with Crippen LogP contribution in [0.25, 0.3) is 0 Å². The Bertz CT molecular complexity index is 374. The van der Waals surface area contributed by atoms with Crippen molar-refractivity contribution in [2.45, 2.75) is 32.0 Å². The summed E-state index contributed by atoms with van der Waals surface area (Å²) in [6, 6.07) is 9.21. The molecule has 0 spiro atoms. The quantitative estimate of drug-likeness (QED) is 0.647. The van der Waals surface area contributed by atoms with E-state index < -0.39 is 11.8 Å². The first-order valence-electron chi connectivity index (χ1n) is 5.68. The first kappa shape index (κ1) is 13.8. The molecule has 0 aliphatic heterocycles.